The fourth-order valence-corrected chi connectivity index (χ4v) is 1.67. The second kappa shape index (κ2) is 5.46. The largest absolute Gasteiger partial charge is 0.477 e. The summed E-state index contributed by atoms with van der Waals surface area (Å²) in [5.41, 5.74) is 1.68. The second-order valence-corrected chi connectivity index (χ2v) is 3.72. The fraction of sp³-hybridized carbons (Fsp3) is 0.214. The number of rotatable bonds is 5. The monoisotopic (exact) mass is 229 g/mol. The summed E-state index contributed by atoms with van der Waals surface area (Å²) in [6.07, 6.45) is 2.58. The summed E-state index contributed by atoms with van der Waals surface area (Å²) in [6.45, 7) is 4.18. The van der Waals surface area contributed by atoms with Crippen molar-refractivity contribution in [1.82, 2.24) is 4.98 Å². The van der Waals surface area contributed by atoms with Gasteiger partial charge in [-0.1, -0.05) is 24.3 Å². The Morgan fingerprint density at radius 2 is 2.18 bits per heavy atom. The van der Waals surface area contributed by atoms with E-state index in [1.807, 2.05) is 24.3 Å². The van der Waals surface area contributed by atoms with E-state index in [4.69, 9.17) is 4.74 Å². The van der Waals surface area contributed by atoms with Crippen LogP contribution in [0.2, 0.25) is 0 Å². The van der Waals surface area contributed by atoms with Gasteiger partial charge in [-0.3, -0.25) is 0 Å². The molecule has 0 spiro atoms. The van der Waals surface area contributed by atoms with Crippen LogP contribution in [-0.2, 0) is 6.61 Å². The third-order valence-electron chi connectivity index (χ3n) is 2.52. The summed E-state index contributed by atoms with van der Waals surface area (Å²) >= 11 is 0. The zero-order valence-electron chi connectivity index (χ0n) is 9.60. The van der Waals surface area contributed by atoms with Crippen LogP contribution < -0.4 is 4.74 Å². The average Bonchev–Trinajstić information content (AvgIpc) is 2.38. The van der Waals surface area contributed by atoms with Gasteiger partial charge in [0.15, 0.2) is 0 Å². The minimum Gasteiger partial charge on any atom is -0.477 e. The maximum Gasteiger partial charge on any atom is 0.214 e. The number of nitrogens with zero attached hydrogens (tertiary/aromatic N) is 1. The van der Waals surface area contributed by atoms with Gasteiger partial charge in [-0.15, -0.1) is 6.58 Å². The molecule has 0 radical (unpaired) electrons. The summed E-state index contributed by atoms with van der Waals surface area (Å²) in [5, 5.41) is 10.3. The fourth-order valence-electron chi connectivity index (χ4n) is 1.67. The van der Waals surface area contributed by atoms with E-state index in [2.05, 4.69) is 11.6 Å². The molecule has 0 amide bonds. The number of aromatic nitrogens is 1. The van der Waals surface area contributed by atoms with Crippen LogP contribution in [0.1, 0.15) is 12.0 Å². The molecule has 0 saturated heterocycles. The molecule has 0 atom stereocenters. The summed E-state index contributed by atoms with van der Waals surface area (Å²) < 4.78 is 5.50. The maximum absolute atomic E-state index is 9.33. The van der Waals surface area contributed by atoms with Crippen molar-refractivity contribution in [2.45, 2.75) is 13.0 Å². The van der Waals surface area contributed by atoms with E-state index in [-0.39, 0.29) is 6.61 Å². The standard InChI is InChI=1S/C14H15NO2/c1-2-3-8-17-14-9-11(10-16)12-6-4-5-7-13(12)15-14/h2,4-7,9,16H,1,3,8,10H2. The second-order valence-electron chi connectivity index (χ2n) is 3.72. The molecule has 1 N–H and O–H groups in total. The molecule has 0 unspecified atom stereocenters. The third-order valence-corrected chi connectivity index (χ3v) is 2.52. The van der Waals surface area contributed by atoms with Gasteiger partial charge in [-0.2, -0.15) is 0 Å². The highest BCUT2D eigenvalue weighted by Gasteiger charge is 2.05. The number of pyridine rings is 1. The highest BCUT2D eigenvalue weighted by Crippen LogP contribution is 2.22. The molecule has 1 heterocycles. The first-order chi connectivity index (χ1) is 8.35. The highest BCUT2D eigenvalue weighted by molar-refractivity contribution is 5.82. The quantitative estimate of drug-likeness (QED) is 0.633. The summed E-state index contributed by atoms with van der Waals surface area (Å²) in [4.78, 5) is 4.39. The number of aliphatic hydroxyl groups is 1. The van der Waals surface area contributed by atoms with Gasteiger partial charge in [0.2, 0.25) is 5.88 Å². The van der Waals surface area contributed by atoms with Gasteiger partial charge in [0, 0.05) is 11.5 Å². The molecule has 17 heavy (non-hydrogen) atoms. The molecule has 0 fully saturated rings. The van der Waals surface area contributed by atoms with Crippen molar-refractivity contribution in [3.63, 3.8) is 0 Å². The number of hydrogen-bond donors (Lipinski definition) is 1. The first kappa shape index (κ1) is 11.6. The van der Waals surface area contributed by atoms with Crippen LogP contribution in [0.15, 0.2) is 43.0 Å². The first-order valence-electron chi connectivity index (χ1n) is 5.58. The number of para-hydroxylation sites is 1. The van der Waals surface area contributed by atoms with Crippen LogP contribution in [0.5, 0.6) is 5.88 Å². The van der Waals surface area contributed by atoms with E-state index in [0.717, 1.165) is 22.9 Å². The van der Waals surface area contributed by atoms with Crippen molar-refractivity contribution in [2.75, 3.05) is 6.61 Å². The predicted octanol–water partition coefficient (Wildman–Crippen LogP) is 2.68. The first-order valence-corrected chi connectivity index (χ1v) is 5.58. The lowest BCUT2D eigenvalue weighted by Gasteiger charge is -2.08. The molecule has 1 aromatic carbocycles. The third kappa shape index (κ3) is 2.63. The van der Waals surface area contributed by atoms with Gasteiger partial charge < -0.3 is 9.84 Å². The van der Waals surface area contributed by atoms with Crippen LogP contribution in [-0.4, -0.2) is 16.7 Å². The Labute approximate surface area is 100 Å². The molecule has 0 saturated carbocycles. The molecule has 3 heteroatoms. The number of benzene rings is 1. The van der Waals surface area contributed by atoms with Crippen molar-refractivity contribution in [2.24, 2.45) is 0 Å². The Balaban J connectivity index is 2.34. The average molecular weight is 229 g/mol. The smallest absolute Gasteiger partial charge is 0.214 e. The Bertz CT molecular complexity index is 523. The summed E-state index contributed by atoms with van der Waals surface area (Å²) in [6, 6.07) is 9.49. The van der Waals surface area contributed by atoms with Crippen molar-refractivity contribution >= 4 is 10.9 Å². The summed E-state index contributed by atoms with van der Waals surface area (Å²) in [5.74, 6) is 0.551. The van der Waals surface area contributed by atoms with Crippen LogP contribution in [0.4, 0.5) is 0 Å². The van der Waals surface area contributed by atoms with E-state index in [9.17, 15) is 5.11 Å². The summed E-state index contributed by atoms with van der Waals surface area (Å²) in [7, 11) is 0. The van der Waals surface area contributed by atoms with Crippen molar-refractivity contribution in [3.05, 3.63) is 48.6 Å². The molecular weight excluding hydrogens is 214 g/mol. The molecule has 88 valence electrons. The van der Waals surface area contributed by atoms with Gasteiger partial charge in [0.05, 0.1) is 18.7 Å². The zero-order valence-corrected chi connectivity index (χ0v) is 9.60. The molecule has 2 rings (SSSR count). The minimum atomic E-state index is -0.0130. The lowest BCUT2D eigenvalue weighted by Crippen LogP contribution is -1.99. The molecule has 0 aliphatic heterocycles. The SMILES string of the molecule is C=CCCOc1cc(CO)c2ccccc2n1. The Hall–Kier alpha value is -1.87. The van der Waals surface area contributed by atoms with E-state index >= 15 is 0 Å². The molecule has 0 aliphatic carbocycles. The van der Waals surface area contributed by atoms with Crippen molar-refractivity contribution in [3.8, 4) is 5.88 Å². The highest BCUT2D eigenvalue weighted by atomic mass is 16.5. The van der Waals surface area contributed by atoms with Gasteiger partial charge >= 0.3 is 0 Å². The van der Waals surface area contributed by atoms with Crippen LogP contribution >= 0.6 is 0 Å². The van der Waals surface area contributed by atoms with Crippen molar-refractivity contribution in [1.29, 1.82) is 0 Å². The lowest BCUT2D eigenvalue weighted by molar-refractivity contribution is 0.280. The molecular formula is C14H15NO2. The number of hydrogen-bond acceptors (Lipinski definition) is 3. The Kier molecular flexibility index (Phi) is 3.73. The van der Waals surface area contributed by atoms with E-state index in [1.165, 1.54) is 0 Å². The molecule has 3 nitrogen and oxygen atoms in total. The van der Waals surface area contributed by atoms with E-state index < -0.39 is 0 Å². The molecule has 0 aliphatic rings. The Morgan fingerprint density at radius 1 is 1.35 bits per heavy atom. The number of fused-ring (bicyclic) bond motifs is 1. The minimum absolute atomic E-state index is 0.0130. The number of aliphatic hydroxyl groups excluding tert-OH is 1. The van der Waals surface area contributed by atoms with Crippen molar-refractivity contribution < 1.29 is 9.84 Å². The van der Waals surface area contributed by atoms with Gasteiger partial charge in [0.25, 0.3) is 0 Å². The predicted molar refractivity (Wildman–Crippen MR) is 68.0 cm³/mol. The van der Waals surface area contributed by atoms with E-state index in [1.54, 1.807) is 12.1 Å². The normalized spacial score (nSPS) is 10.4. The maximum atomic E-state index is 9.33. The molecule has 2 aromatic rings. The Morgan fingerprint density at radius 3 is 2.94 bits per heavy atom. The van der Waals surface area contributed by atoms with E-state index in [0.29, 0.717) is 12.5 Å². The lowest BCUT2D eigenvalue weighted by atomic mass is 10.1. The van der Waals surface area contributed by atoms with Crippen LogP contribution in [0, 0.1) is 0 Å². The van der Waals surface area contributed by atoms with Gasteiger partial charge in [-0.25, -0.2) is 4.98 Å². The van der Waals surface area contributed by atoms with Crippen LogP contribution in [0.3, 0.4) is 0 Å². The van der Waals surface area contributed by atoms with Gasteiger partial charge in [-0.05, 0) is 18.1 Å². The van der Waals surface area contributed by atoms with Crippen LogP contribution in [0.25, 0.3) is 10.9 Å². The zero-order chi connectivity index (χ0) is 12.1. The molecule has 1 aromatic heterocycles. The molecule has 0 bridgehead atoms. The topological polar surface area (TPSA) is 42.4 Å². The van der Waals surface area contributed by atoms with Gasteiger partial charge in [0.1, 0.15) is 0 Å². The number of ether oxygens (including phenoxy) is 1.